The summed E-state index contributed by atoms with van der Waals surface area (Å²) in [6, 6.07) is 11.5. The van der Waals surface area contributed by atoms with Crippen LogP contribution in [0.4, 0.5) is 5.69 Å². The topological polar surface area (TPSA) is 83.1 Å². The molecule has 1 N–H and O–H groups in total. The van der Waals surface area contributed by atoms with Gasteiger partial charge in [-0.3, -0.25) is 0 Å². The number of rotatable bonds is 5. The Kier molecular flexibility index (Phi) is 4.68. The van der Waals surface area contributed by atoms with E-state index in [1.165, 1.54) is 12.3 Å². The lowest BCUT2D eigenvalue weighted by molar-refractivity contribution is 0.522. The van der Waals surface area contributed by atoms with Gasteiger partial charge >= 0.3 is 0 Å². The highest BCUT2D eigenvalue weighted by atomic mass is 35.5. The molecule has 0 saturated carbocycles. The van der Waals surface area contributed by atoms with Gasteiger partial charge in [-0.05, 0) is 30.3 Å². The van der Waals surface area contributed by atoms with E-state index in [-0.39, 0.29) is 16.4 Å². The molecule has 0 bridgehead atoms. The second-order valence-electron chi connectivity index (χ2n) is 4.11. The average molecular weight is 323 g/mol. The van der Waals surface area contributed by atoms with E-state index in [2.05, 4.69) is 5.32 Å². The second kappa shape index (κ2) is 6.48. The summed E-state index contributed by atoms with van der Waals surface area (Å²) >= 11 is 5.82. The summed E-state index contributed by atoms with van der Waals surface area (Å²) in [6.45, 7) is 0. The normalized spacial score (nSPS) is 11.9. The first-order valence-corrected chi connectivity index (χ1v) is 7.92. The zero-order valence-electron chi connectivity index (χ0n) is 10.8. The summed E-state index contributed by atoms with van der Waals surface area (Å²) in [4.78, 5) is -0.376. The molecular weight excluding hydrogens is 312 g/mol. The molecule has 1 heterocycles. The molecule has 0 aliphatic rings. The molecule has 1 aromatic carbocycles. The van der Waals surface area contributed by atoms with Crippen molar-refractivity contribution in [3.63, 3.8) is 0 Å². The van der Waals surface area contributed by atoms with Crippen LogP contribution in [0.3, 0.4) is 0 Å². The highest BCUT2D eigenvalue weighted by Crippen LogP contribution is 2.17. The van der Waals surface area contributed by atoms with Crippen LogP contribution in [-0.4, -0.2) is 8.42 Å². The number of hydrogen-bond donors (Lipinski definition) is 1. The first-order valence-electron chi connectivity index (χ1n) is 5.89. The van der Waals surface area contributed by atoms with Crippen molar-refractivity contribution in [2.45, 2.75) is 5.75 Å². The average Bonchev–Trinajstić information content (AvgIpc) is 2.91. The van der Waals surface area contributed by atoms with Gasteiger partial charge < -0.3 is 9.73 Å². The smallest absolute Gasteiger partial charge is 0.197 e. The van der Waals surface area contributed by atoms with Gasteiger partial charge in [-0.15, -0.1) is 0 Å². The number of nitrogens with one attached hydrogen (secondary N) is 1. The third kappa shape index (κ3) is 4.12. The summed E-state index contributed by atoms with van der Waals surface area (Å²) in [5.74, 6) is -0.0877. The van der Waals surface area contributed by atoms with E-state index < -0.39 is 9.84 Å². The molecule has 5 nitrogen and oxygen atoms in total. The van der Waals surface area contributed by atoms with Crippen molar-refractivity contribution in [3.8, 4) is 6.07 Å². The largest absolute Gasteiger partial charge is 0.468 e. The number of halogens is 1. The van der Waals surface area contributed by atoms with E-state index in [1.807, 2.05) is 0 Å². The molecule has 21 heavy (non-hydrogen) atoms. The molecule has 0 atom stereocenters. The van der Waals surface area contributed by atoms with Gasteiger partial charge in [0, 0.05) is 16.9 Å². The summed E-state index contributed by atoms with van der Waals surface area (Å²) in [6.07, 6.45) is 2.52. The van der Waals surface area contributed by atoms with Crippen LogP contribution in [0.1, 0.15) is 5.76 Å². The summed E-state index contributed by atoms with van der Waals surface area (Å²) in [5.41, 5.74) is 0.587. The maximum absolute atomic E-state index is 12.1. The standard InChI is InChI=1S/C14H11ClN2O3S/c15-11-3-1-4-12(7-11)17-9-14(8-16)21(18,19)10-13-5-2-6-20-13/h1-7,9,17H,10H2/b14-9-. The predicted octanol–water partition coefficient (Wildman–Crippen LogP) is 3.32. The summed E-state index contributed by atoms with van der Waals surface area (Å²) < 4.78 is 29.2. The van der Waals surface area contributed by atoms with Crippen molar-refractivity contribution in [2.75, 3.05) is 5.32 Å². The van der Waals surface area contributed by atoms with Crippen molar-refractivity contribution in [2.24, 2.45) is 0 Å². The highest BCUT2D eigenvalue weighted by Gasteiger charge is 2.20. The van der Waals surface area contributed by atoms with Gasteiger partial charge in [0.25, 0.3) is 0 Å². The van der Waals surface area contributed by atoms with Crippen LogP contribution in [0.5, 0.6) is 0 Å². The predicted molar refractivity (Wildman–Crippen MR) is 80.1 cm³/mol. The van der Waals surface area contributed by atoms with E-state index in [4.69, 9.17) is 21.3 Å². The number of sulfone groups is 1. The van der Waals surface area contributed by atoms with Gasteiger partial charge in [-0.1, -0.05) is 17.7 Å². The first kappa shape index (κ1) is 15.2. The maximum atomic E-state index is 12.1. The Hall–Kier alpha value is -2.23. The van der Waals surface area contributed by atoms with Crippen molar-refractivity contribution < 1.29 is 12.8 Å². The minimum atomic E-state index is -3.76. The molecule has 2 aromatic rings. The van der Waals surface area contributed by atoms with Gasteiger partial charge in [0.2, 0.25) is 0 Å². The van der Waals surface area contributed by atoms with Crippen molar-refractivity contribution in [1.29, 1.82) is 5.26 Å². The van der Waals surface area contributed by atoms with Crippen LogP contribution in [0.25, 0.3) is 0 Å². The molecular formula is C14H11ClN2O3S. The van der Waals surface area contributed by atoms with Crippen LogP contribution in [0.15, 0.2) is 58.2 Å². The van der Waals surface area contributed by atoms with E-state index in [0.29, 0.717) is 10.7 Å². The molecule has 0 saturated heterocycles. The molecule has 7 heteroatoms. The number of allylic oxidation sites excluding steroid dienone is 1. The minimum absolute atomic E-state index is 0.277. The van der Waals surface area contributed by atoms with Crippen LogP contribution < -0.4 is 5.32 Å². The van der Waals surface area contributed by atoms with E-state index in [9.17, 15) is 8.42 Å². The molecule has 0 amide bonds. The van der Waals surface area contributed by atoms with Crippen LogP contribution >= 0.6 is 11.6 Å². The molecule has 2 rings (SSSR count). The number of furan rings is 1. The number of benzene rings is 1. The Morgan fingerprint density at radius 1 is 1.38 bits per heavy atom. The van der Waals surface area contributed by atoms with Crippen LogP contribution in [0, 0.1) is 11.3 Å². The number of nitrogens with zero attached hydrogens (tertiary/aromatic N) is 1. The summed E-state index contributed by atoms with van der Waals surface area (Å²) in [5, 5.41) is 12.3. The molecule has 108 valence electrons. The van der Waals surface area contributed by atoms with Crippen molar-refractivity contribution in [1.82, 2.24) is 0 Å². The van der Waals surface area contributed by atoms with Gasteiger partial charge in [0.15, 0.2) is 14.7 Å². The van der Waals surface area contributed by atoms with Crippen molar-refractivity contribution >= 4 is 27.1 Å². The number of anilines is 1. The fourth-order valence-corrected chi connectivity index (χ4v) is 2.84. The molecule has 0 aliphatic heterocycles. The molecule has 1 aromatic heterocycles. The Balaban J connectivity index is 2.19. The van der Waals surface area contributed by atoms with Gasteiger partial charge in [0.1, 0.15) is 17.6 Å². The Morgan fingerprint density at radius 3 is 2.81 bits per heavy atom. The molecule has 0 radical (unpaired) electrons. The lowest BCUT2D eigenvalue weighted by atomic mass is 10.3. The lowest BCUT2D eigenvalue weighted by Crippen LogP contribution is -2.07. The monoisotopic (exact) mass is 322 g/mol. The third-order valence-corrected chi connectivity index (χ3v) is 4.33. The molecule has 0 fully saturated rings. The van der Waals surface area contributed by atoms with Gasteiger partial charge in [0.05, 0.1) is 6.26 Å². The Morgan fingerprint density at radius 2 is 2.19 bits per heavy atom. The van der Waals surface area contributed by atoms with Gasteiger partial charge in [-0.2, -0.15) is 5.26 Å². The second-order valence-corrected chi connectivity index (χ2v) is 6.51. The third-order valence-electron chi connectivity index (χ3n) is 2.55. The molecule has 0 spiro atoms. The SMILES string of the molecule is N#C/C(=C/Nc1cccc(Cl)c1)S(=O)(=O)Cc1ccco1. The summed E-state index contributed by atoms with van der Waals surface area (Å²) in [7, 11) is -3.76. The van der Waals surface area contributed by atoms with E-state index in [1.54, 1.807) is 36.4 Å². The zero-order valence-corrected chi connectivity index (χ0v) is 12.4. The fourth-order valence-electron chi connectivity index (χ4n) is 1.58. The first-order chi connectivity index (χ1) is 10.0. The quantitative estimate of drug-likeness (QED) is 0.854. The Labute approximate surface area is 127 Å². The molecule has 0 aliphatic carbocycles. The van der Waals surface area contributed by atoms with Crippen LogP contribution in [0.2, 0.25) is 5.02 Å². The fraction of sp³-hybridized carbons (Fsp3) is 0.0714. The van der Waals surface area contributed by atoms with E-state index >= 15 is 0 Å². The minimum Gasteiger partial charge on any atom is -0.468 e. The van der Waals surface area contributed by atoms with Gasteiger partial charge in [-0.25, -0.2) is 8.42 Å². The number of nitriles is 1. The number of hydrogen-bond acceptors (Lipinski definition) is 5. The highest BCUT2D eigenvalue weighted by molar-refractivity contribution is 7.94. The maximum Gasteiger partial charge on any atom is 0.197 e. The van der Waals surface area contributed by atoms with Crippen LogP contribution in [-0.2, 0) is 15.6 Å². The Bertz CT molecular complexity index is 790. The van der Waals surface area contributed by atoms with Crippen molar-refractivity contribution in [3.05, 3.63) is 64.5 Å². The van der Waals surface area contributed by atoms with E-state index in [0.717, 1.165) is 6.20 Å². The zero-order chi connectivity index (χ0) is 15.3. The molecule has 0 unspecified atom stereocenters. The lowest BCUT2D eigenvalue weighted by Gasteiger charge is -2.03.